The molecule has 0 rings (SSSR count). The van der Waals surface area contributed by atoms with E-state index in [9.17, 15) is 14.4 Å². The van der Waals surface area contributed by atoms with Gasteiger partial charge in [0.15, 0.2) is 0 Å². The average molecular weight is 274 g/mol. The first kappa shape index (κ1) is 17.4. The van der Waals surface area contributed by atoms with E-state index < -0.39 is 12.0 Å². The van der Waals surface area contributed by atoms with Crippen molar-refractivity contribution in [2.75, 3.05) is 20.3 Å². The van der Waals surface area contributed by atoms with Crippen molar-refractivity contribution >= 4 is 17.8 Å². The van der Waals surface area contributed by atoms with Gasteiger partial charge in [0.25, 0.3) is 0 Å². The van der Waals surface area contributed by atoms with Gasteiger partial charge in [0.2, 0.25) is 11.8 Å². The molecule has 0 aliphatic rings. The third kappa shape index (κ3) is 8.15. The second kappa shape index (κ2) is 9.32. The highest BCUT2D eigenvalue weighted by Crippen LogP contribution is 2.02. The molecule has 19 heavy (non-hydrogen) atoms. The number of rotatable bonds is 9. The van der Waals surface area contributed by atoms with Crippen molar-refractivity contribution in [3.63, 3.8) is 0 Å². The Hall–Kier alpha value is -1.63. The number of ether oxygens (including phenoxy) is 1. The summed E-state index contributed by atoms with van der Waals surface area (Å²) in [6.45, 7) is 3.80. The summed E-state index contributed by atoms with van der Waals surface area (Å²) >= 11 is 0. The van der Waals surface area contributed by atoms with Gasteiger partial charge in [0.05, 0.1) is 0 Å². The van der Waals surface area contributed by atoms with Crippen LogP contribution >= 0.6 is 0 Å². The Kier molecular flexibility index (Phi) is 8.52. The highest BCUT2D eigenvalue weighted by molar-refractivity contribution is 5.88. The zero-order valence-corrected chi connectivity index (χ0v) is 11.6. The lowest BCUT2D eigenvalue weighted by molar-refractivity contribution is -0.137. The van der Waals surface area contributed by atoms with Crippen molar-refractivity contribution in [1.29, 1.82) is 0 Å². The predicted octanol–water partition coefficient (Wildman–Crippen LogP) is -0.245. The Labute approximate surface area is 112 Å². The van der Waals surface area contributed by atoms with Gasteiger partial charge in [0.1, 0.15) is 12.6 Å². The van der Waals surface area contributed by atoms with Crippen LogP contribution in [-0.4, -0.2) is 49.2 Å². The summed E-state index contributed by atoms with van der Waals surface area (Å²) in [5.41, 5.74) is 0. The Morgan fingerprint density at radius 2 is 1.89 bits per heavy atom. The number of hydrogen-bond donors (Lipinski definition) is 3. The van der Waals surface area contributed by atoms with E-state index in [2.05, 4.69) is 15.4 Å². The van der Waals surface area contributed by atoms with E-state index in [4.69, 9.17) is 5.11 Å². The largest absolute Gasteiger partial charge is 0.481 e. The van der Waals surface area contributed by atoms with Crippen molar-refractivity contribution < 1.29 is 24.2 Å². The van der Waals surface area contributed by atoms with E-state index in [1.807, 2.05) is 13.8 Å². The molecule has 0 bridgehead atoms. The van der Waals surface area contributed by atoms with Gasteiger partial charge in [-0.2, -0.15) is 0 Å². The lowest BCUT2D eigenvalue weighted by Gasteiger charge is -2.21. The molecule has 0 heterocycles. The Morgan fingerprint density at radius 1 is 1.26 bits per heavy atom. The quantitative estimate of drug-likeness (QED) is 0.503. The topological polar surface area (TPSA) is 105 Å². The fourth-order valence-electron chi connectivity index (χ4n) is 1.44. The number of methoxy groups -OCH3 is 1. The molecular weight excluding hydrogens is 252 g/mol. The van der Waals surface area contributed by atoms with Crippen LogP contribution in [0.1, 0.15) is 26.7 Å². The first-order chi connectivity index (χ1) is 8.88. The van der Waals surface area contributed by atoms with Gasteiger partial charge in [0, 0.05) is 20.1 Å². The molecule has 2 amide bonds. The van der Waals surface area contributed by atoms with Crippen molar-refractivity contribution in [3.05, 3.63) is 0 Å². The molecule has 0 aromatic rings. The summed E-state index contributed by atoms with van der Waals surface area (Å²) in [4.78, 5) is 33.6. The second-order valence-corrected chi connectivity index (χ2v) is 4.51. The number of amides is 2. The van der Waals surface area contributed by atoms with Crippen LogP contribution in [0.15, 0.2) is 0 Å². The minimum atomic E-state index is -0.900. The van der Waals surface area contributed by atoms with Crippen LogP contribution in [0.3, 0.4) is 0 Å². The van der Waals surface area contributed by atoms with E-state index in [-0.39, 0.29) is 37.3 Å². The minimum absolute atomic E-state index is 0.00264. The van der Waals surface area contributed by atoms with Gasteiger partial charge in [-0.05, 0) is 12.3 Å². The summed E-state index contributed by atoms with van der Waals surface area (Å²) in [6, 6.07) is -0.646. The van der Waals surface area contributed by atoms with Crippen molar-refractivity contribution in [1.82, 2.24) is 10.6 Å². The van der Waals surface area contributed by atoms with Crippen LogP contribution in [0, 0.1) is 5.92 Å². The van der Waals surface area contributed by atoms with Gasteiger partial charge in [-0.25, -0.2) is 0 Å². The molecule has 0 radical (unpaired) electrons. The zero-order valence-electron chi connectivity index (χ0n) is 11.6. The molecular formula is C12H22N2O5. The third-order valence-electron chi connectivity index (χ3n) is 2.41. The lowest BCUT2D eigenvalue weighted by Crippen LogP contribution is -2.50. The molecule has 0 aromatic heterocycles. The number of carbonyl (C=O) groups is 3. The fraction of sp³-hybridized carbons (Fsp3) is 0.750. The van der Waals surface area contributed by atoms with E-state index in [1.165, 1.54) is 7.11 Å². The zero-order chi connectivity index (χ0) is 14.8. The summed E-state index contributed by atoms with van der Waals surface area (Å²) < 4.78 is 4.68. The fourth-order valence-corrected chi connectivity index (χ4v) is 1.44. The number of carboxylic acid groups (broad SMARTS) is 1. The standard InChI is InChI=1S/C12H22N2O5/c1-8(2)11(14-9(15)7-19-3)12(18)13-6-4-5-10(16)17/h8,11H,4-7H2,1-3H3,(H,13,18)(H,14,15)(H,16,17)/t11-/m0/s1. The van der Waals surface area contributed by atoms with Crippen LogP contribution < -0.4 is 10.6 Å². The summed E-state index contributed by atoms with van der Waals surface area (Å²) in [5.74, 6) is -1.64. The normalized spacial score (nSPS) is 12.0. The molecule has 110 valence electrons. The minimum Gasteiger partial charge on any atom is -0.481 e. The average Bonchev–Trinajstić information content (AvgIpc) is 2.31. The maximum absolute atomic E-state index is 11.9. The molecule has 1 atom stereocenters. The lowest BCUT2D eigenvalue weighted by atomic mass is 10.0. The highest BCUT2D eigenvalue weighted by atomic mass is 16.5. The van der Waals surface area contributed by atoms with Gasteiger partial charge in [-0.15, -0.1) is 0 Å². The number of carbonyl (C=O) groups excluding carboxylic acids is 2. The van der Waals surface area contributed by atoms with Gasteiger partial charge >= 0.3 is 5.97 Å². The molecule has 0 unspecified atom stereocenters. The summed E-state index contributed by atoms with van der Waals surface area (Å²) in [6.07, 6.45) is 0.362. The van der Waals surface area contributed by atoms with Crippen molar-refractivity contribution in [2.24, 2.45) is 5.92 Å². The predicted molar refractivity (Wildman–Crippen MR) is 68.5 cm³/mol. The number of carboxylic acids is 1. The molecule has 7 heteroatoms. The molecule has 7 nitrogen and oxygen atoms in total. The second-order valence-electron chi connectivity index (χ2n) is 4.51. The van der Waals surface area contributed by atoms with E-state index in [1.54, 1.807) is 0 Å². The first-order valence-corrected chi connectivity index (χ1v) is 6.16. The Balaban J connectivity index is 4.18. The molecule has 0 aliphatic heterocycles. The maximum atomic E-state index is 11.9. The number of nitrogens with one attached hydrogen (secondary N) is 2. The van der Waals surface area contributed by atoms with Crippen molar-refractivity contribution in [2.45, 2.75) is 32.7 Å². The van der Waals surface area contributed by atoms with E-state index in [0.29, 0.717) is 6.42 Å². The number of hydrogen-bond acceptors (Lipinski definition) is 4. The molecule has 0 saturated carbocycles. The van der Waals surface area contributed by atoms with E-state index >= 15 is 0 Å². The molecule has 0 fully saturated rings. The SMILES string of the molecule is COCC(=O)N[C@H](C(=O)NCCCC(=O)O)C(C)C. The van der Waals surface area contributed by atoms with Crippen LogP contribution in [0.25, 0.3) is 0 Å². The van der Waals surface area contributed by atoms with E-state index in [0.717, 1.165) is 0 Å². The van der Waals surface area contributed by atoms with Crippen LogP contribution in [0.5, 0.6) is 0 Å². The van der Waals surface area contributed by atoms with Crippen LogP contribution in [0.4, 0.5) is 0 Å². The summed E-state index contributed by atoms with van der Waals surface area (Å²) in [5, 5.41) is 13.7. The highest BCUT2D eigenvalue weighted by Gasteiger charge is 2.23. The first-order valence-electron chi connectivity index (χ1n) is 6.16. The van der Waals surface area contributed by atoms with Gasteiger partial charge in [-0.3, -0.25) is 14.4 Å². The molecule has 3 N–H and O–H groups in total. The van der Waals surface area contributed by atoms with Crippen molar-refractivity contribution in [3.8, 4) is 0 Å². The monoisotopic (exact) mass is 274 g/mol. The molecule has 0 aliphatic carbocycles. The van der Waals surface area contributed by atoms with Crippen LogP contribution in [-0.2, 0) is 19.1 Å². The number of aliphatic carboxylic acids is 1. The molecule has 0 aromatic carbocycles. The Morgan fingerprint density at radius 3 is 2.37 bits per heavy atom. The van der Waals surface area contributed by atoms with Crippen LogP contribution in [0.2, 0.25) is 0 Å². The Bertz CT molecular complexity index is 317. The molecule has 0 saturated heterocycles. The smallest absolute Gasteiger partial charge is 0.303 e. The summed E-state index contributed by atoms with van der Waals surface area (Å²) in [7, 11) is 1.40. The third-order valence-corrected chi connectivity index (χ3v) is 2.41. The molecule has 0 spiro atoms. The van der Waals surface area contributed by atoms with Gasteiger partial charge < -0.3 is 20.5 Å². The maximum Gasteiger partial charge on any atom is 0.303 e. The van der Waals surface area contributed by atoms with Gasteiger partial charge in [-0.1, -0.05) is 13.8 Å².